The SMILES string of the molecule is CC(C)c1ncnc(C(C)C)c1-n1c(=O)c(C#N)c(C2CNCCN2C(=O)OC(C)(C)C)c2cc(Cl)c(Cl)nc21. The van der Waals surface area contributed by atoms with E-state index in [9.17, 15) is 14.9 Å². The number of aromatic nitrogens is 4. The van der Waals surface area contributed by atoms with Gasteiger partial charge < -0.3 is 10.1 Å². The summed E-state index contributed by atoms with van der Waals surface area (Å²) in [4.78, 5) is 42.7. The van der Waals surface area contributed by atoms with E-state index in [4.69, 9.17) is 27.9 Å². The van der Waals surface area contributed by atoms with Gasteiger partial charge in [0.15, 0.2) is 0 Å². The third kappa shape index (κ3) is 5.51. The zero-order chi connectivity index (χ0) is 29.5. The molecule has 1 N–H and O–H groups in total. The number of fused-ring (bicyclic) bond motifs is 1. The minimum absolute atomic E-state index is 0.00205. The van der Waals surface area contributed by atoms with Crippen molar-refractivity contribution in [2.24, 2.45) is 0 Å². The molecule has 0 radical (unpaired) electrons. The van der Waals surface area contributed by atoms with Gasteiger partial charge in [0, 0.05) is 30.6 Å². The lowest BCUT2D eigenvalue weighted by Crippen LogP contribution is -2.50. The molecule has 0 saturated carbocycles. The van der Waals surface area contributed by atoms with Crippen molar-refractivity contribution in [3.8, 4) is 11.8 Å². The van der Waals surface area contributed by atoms with E-state index in [-0.39, 0.29) is 39.8 Å². The highest BCUT2D eigenvalue weighted by atomic mass is 35.5. The normalized spacial score (nSPS) is 16.1. The van der Waals surface area contributed by atoms with Gasteiger partial charge in [-0.3, -0.25) is 14.3 Å². The maximum absolute atomic E-state index is 14.3. The molecule has 1 fully saturated rings. The number of ether oxygens (including phenoxy) is 1. The van der Waals surface area contributed by atoms with Gasteiger partial charge in [0.05, 0.1) is 28.1 Å². The standard InChI is InChI=1S/C28H33Cl2N7O3/c1-14(2)21-23(22(15(3)4)34-13-33-21)37-25-16(10-18(29)24(30)35-25)20(17(11-31)26(37)38)19-12-32-8-9-36(19)27(39)40-28(5,6)7/h10,13-15,19,32H,8-9,12H2,1-7H3. The van der Waals surface area contributed by atoms with E-state index >= 15 is 0 Å². The number of nitriles is 1. The first-order valence-electron chi connectivity index (χ1n) is 13.2. The Morgan fingerprint density at radius 1 is 1.18 bits per heavy atom. The Bertz CT molecular complexity index is 1550. The molecule has 0 aliphatic carbocycles. The molecule has 1 aliphatic heterocycles. The average Bonchev–Trinajstić information content (AvgIpc) is 2.87. The van der Waals surface area contributed by atoms with Crippen molar-refractivity contribution >= 4 is 40.3 Å². The number of carbonyl (C=O) groups is 1. The predicted octanol–water partition coefficient (Wildman–Crippen LogP) is 5.48. The van der Waals surface area contributed by atoms with Crippen LogP contribution in [0.5, 0.6) is 0 Å². The van der Waals surface area contributed by atoms with Crippen LogP contribution >= 0.6 is 23.2 Å². The Labute approximate surface area is 243 Å². The van der Waals surface area contributed by atoms with Crippen LogP contribution in [0, 0.1) is 11.3 Å². The average molecular weight is 587 g/mol. The Balaban J connectivity index is 2.14. The number of carbonyl (C=O) groups excluding carboxylic acids is 1. The molecular weight excluding hydrogens is 553 g/mol. The third-order valence-electron chi connectivity index (χ3n) is 6.61. The van der Waals surface area contributed by atoms with Gasteiger partial charge in [-0.2, -0.15) is 5.26 Å². The van der Waals surface area contributed by atoms with E-state index in [0.29, 0.717) is 41.1 Å². The fourth-order valence-electron chi connectivity index (χ4n) is 4.93. The van der Waals surface area contributed by atoms with Gasteiger partial charge in [-0.15, -0.1) is 0 Å². The Morgan fingerprint density at radius 2 is 1.80 bits per heavy atom. The van der Waals surface area contributed by atoms with E-state index in [2.05, 4.69) is 26.3 Å². The number of hydrogen-bond acceptors (Lipinski definition) is 8. The molecule has 1 atom stereocenters. The molecule has 1 saturated heterocycles. The molecule has 0 spiro atoms. The van der Waals surface area contributed by atoms with Gasteiger partial charge in [-0.25, -0.2) is 19.7 Å². The van der Waals surface area contributed by atoms with Crippen LogP contribution in [-0.4, -0.2) is 55.7 Å². The summed E-state index contributed by atoms with van der Waals surface area (Å²) in [5.41, 5.74) is 0.762. The Hall–Kier alpha value is -3.26. The molecule has 0 bridgehead atoms. The number of pyridine rings is 2. The summed E-state index contributed by atoms with van der Waals surface area (Å²) in [5.74, 6) is -0.147. The molecule has 212 valence electrons. The molecule has 1 unspecified atom stereocenters. The minimum atomic E-state index is -0.734. The lowest BCUT2D eigenvalue weighted by molar-refractivity contribution is 0.0119. The zero-order valence-electron chi connectivity index (χ0n) is 23.7. The first-order chi connectivity index (χ1) is 18.8. The zero-order valence-corrected chi connectivity index (χ0v) is 25.2. The molecule has 3 aromatic rings. The second-order valence-corrected chi connectivity index (χ2v) is 12.1. The summed E-state index contributed by atoms with van der Waals surface area (Å²) in [6, 6.07) is 3.00. The van der Waals surface area contributed by atoms with Crippen molar-refractivity contribution in [2.75, 3.05) is 19.6 Å². The molecule has 3 aromatic heterocycles. The number of rotatable bonds is 4. The van der Waals surface area contributed by atoms with Crippen LogP contribution in [0.2, 0.25) is 10.2 Å². The van der Waals surface area contributed by atoms with Crippen LogP contribution in [0.3, 0.4) is 0 Å². The quantitative estimate of drug-likeness (QED) is 0.398. The number of halogens is 2. The summed E-state index contributed by atoms with van der Waals surface area (Å²) in [5, 5.41) is 14.3. The van der Waals surface area contributed by atoms with Crippen LogP contribution in [0.15, 0.2) is 17.2 Å². The van der Waals surface area contributed by atoms with Crippen molar-refractivity contribution in [2.45, 2.75) is 71.9 Å². The van der Waals surface area contributed by atoms with E-state index < -0.39 is 23.3 Å². The number of hydrogen-bond donors (Lipinski definition) is 1. The largest absolute Gasteiger partial charge is 0.444 e. The minimum Gasteiger partial charge on any atom is -0.444 e. The van der Waals surface area contributed by atoms with Crippen LogP contribution in [0.25, 0.3) is 16.7 Å². The number of nitrogens with one attached hydrogen (secondary N) is 1. The molecule has 10 nitrogen and oxygen atoms in total. The molecule has 4 heterocycles. The highest BCUT2D eigenvalue weighted by Gasteiger charge is 2.36. The van der Waals surface area contributed by atoms with Crippen LogP contribution < -0.4 is 10.9 Å². The van der Waals surface area contributed by atoms with Gasteiger partial charge in [0.1, 0.15) is 34.4 Å². The smallest absolute Gasteiger partial charge is 0.410 e. The first-order valence-corrected chi connectivity index (χ1v) is 13.9. The first kappa shape index (κ1) is 29.7. The topological polar surface area (TPSA) is 126 Å². The summed E-state index contributed by atoms with van der Waals surface area (Å²) >= 11 is 12.9. The number of nitrogens with zero attached hydrogens (tertiary/aromatic N) is 6. The molecule has 12 heteroatoms. The number of amides is 1. The number of piperazine rings is 1. The lowest BCUT2D eigenvalue weighted by atomic mass is 9.94. The van der Waals surface area contributed by atoms with Gasteiger partial charge >= 0.3 is 6.09 Å². The molecule has 0 aromatic carbocycles. The van der Waals surface area contributed by atoms with Gasteiger partial charge in [0.2, 0.25) is 0 Å². The second kappa shape index (κ2) is 11.3. The maximum Gasteiger partial charge on any atom is 0.410 e. The summed E-state index contributed by atoms with van der Waals surface area (Å²) < 4.78 is 7.05. The predicted molar refractivity (Wildman–Crippen MR) is 154 cm³/mol. The van der Waals surface area contributed by atoms with Crippen LogP contribution in [-0.2, 0) is 4.74 Å². The van der Waals surface area contributed by atoms with Crippen molar-refractivity contribution in [1.82, 2.24) is 29.7 Å². The molecular formula is C28H33Cl2N7O3. The molecule has 1 amide bonds. The highest BCUT2D eigenvalue weighted by molar-refractivity contribution is 6.41. The summed E-state index contributed by atoms with van der Waals surface area (Å²) in [6.45, 7) is 14.3. The summed E-state index contributed by atoms with van der Waals surface area (Å²) in [6.07, 6.45) is 0.930. The van der Waals surface area contributed by atoms with Gasteiger partial charge in [-0.1, -0.05) is 50.9 Å². The fraction of sp³-hybridized carbons (Fsp3) is 0.500. The van der Waals surface area contributed by atoms with Gasteiger partial charge in [0.25, 0.3) is 5.56 Å². The second-order valence-electron chi connectivity index (χ2n) is 11.4. The van der Waals surface area contributed by atoms with E-state index in [0.717, 1.165) is 0 Å². The summed E-state index contributed by atoms with van der Waals surface area (Å²) in [7, 11) is 0. The highest BCUT2D eigenvalue weighted by Crippen LogP contribution is 2.37. The monoisotopic (exact) mass is 585 g/mol. The fourth-order valence-corrected chi connectivity index (χ4v) is 5.21. The maximum atomic E-state index is 14.3. The van der Waals surface area contributed by atoms with Crippen molar-refractivity contribution in [1.29, 1.82) is 5.26 Å². The van der Waals surface area contributed by atoms with Crippen molar-refractivity contribution in [3.63, 3.8) is 0 Å². The third-order valence-corrected chi connectivity index (χ3v) is 7.29. The van der Waals surface area contributed by atoms with Crippen LogP contribution in [0.1, 0.15) is 88.9 Å². The Kier molecular flexibility index (Phi) is 8.41. The van der Waals surface area contributed by atoms with Crippen molar-refractivity contribution in [3.05, 3.63) is 55.4 Å². The van der Waals surface area contributed by atoms with Crippen LogP contribution in [0.4, 0.5) is 4.79 Å². The van der Waals surface area contributed by atoms with E-state index in [1.165, 1.54) is 15.8 Å². The molecule has 40 heavy (non-hydrogen) atoms. The van der Waals surface area contributed by atoms with Gasteiger partial charge in [-0.05, 0) is 38.7 Å². The Morgan fingerprint density at radius 3 is 2.35 bits per heavy atom. The van der Waals surface area contributed by atoms with E-state index in [1.807, 2.05) is 27.7 Å². The lowest BCUT2D eigenvalue weighted by Gasteiger charge is -2.38. The molecule has 4 rings (SSSR count). The molecule has 1 aliphatic rings. The van der Waals surface area contributed by atoms with E-state index in [1.54, 1.807) is 26.8 Å². The van der Waals surface area contributed by atoms with Crippen molar-refractivity contribution < 1.29 is 9.53 Å².